The molecule has 2 aliphatic rings. The van der Waals surface area contributed by atoms with Gasteiger partial charge in [0.05, 0.1) is 0 Å². The summed E-state index contributed by atoms with van der Waals surface area (Å²) in [5.41, 5.74) is 2.29. The molecule has 0 unspecified atom stereocenters. The molecule has 0 saturated heterocycles. The van der Waals surface area contributed by atoms with Crippen LogP contribution in [0.25, 0.3) is 22.3 Å². The number of benzene rings is 3. The summed E-state index contributed by atoms with van der Waals surface area (Å²) in [7, 11) is 0. The topological polar surface area (TPSA) is 0 Å². The lowest BCUT2D eigenvalue weighted by atomic mass is 9.68. The Kier molecular flexibility index (Phi) is 13.2. The van der Waals surface area contributed by atoms with E-state index >= 15 is 13.2 Å². The fourth-order valence-electron chi connectivity index (χ4n) is 8.38. The van der Waals surface area contributed by atoms with Gasteiger partial charge in [-0.25, -0.2) is 17.6 Å². The first-order chi connectivity index (χ1) is 22.9. The maximum atomic E-state index is 15.5. The molecule has 2 aliphatic carbocycles. The Bertz CT molecular complexity index is 1440. The van der Waals surface area contributed by atoms with Crippen LogP contribution in [0.2, 0.25) is 0 Å². The largest absolute Gasteiger partial charge is 0.203 e. The van der Waals surface area contributed by atoms with Gasteiger partial charge in [-0.15, -0.1) is 0 Å². The van der Waals surface area contributed by atoms with Crippen LogP contribution in [0.3, 0.4) is 0 Å². The van der Waals surface area contributed by atoms with Gasteiger partial charge >= 0.3 is 0 Å². The molecule has 0 bridgehead atoms. The molecular weight excluding hydrogens is 592 g/mol. The molecule has 47 heavy (non-hydrogen) atoms. The lowest BCUT2D eigenvalue weighted by molar-refractivity contribution is 0.156. The molecule has 254 valence electrons. The molecule has 5 rings (SSSR count). The van der Waals surface area contributed by atoms with Crippen molar-refractivity contribution in [2.75, 3.05) is 0 Å². The van der Waals surface area contributed by atoms with E-state index in [0.717, 1.165) is 56.8 Å². The lowest BCUT2D eigenvalue weighted by Crippen LogP contribution is -2.25. The normalized spacial score (nSPS) is 21.8. The smallest absolute Gasteiger partial charge is 0.166 e. The molecule has 0 radical (unpaired) electrons. The first kappa shape index (κ1) is 35.4. The van der Waals surface area contributed by atoms with Crippen LogP contribution in [0.1, 0.15) is 134 Å². The first-order valence-electron chi connectivity index (χ1n) is 18.6. The molecule has 3 aromatic carbocycles. The van der Waals surface area contributed by atoms with Crippen molar-refractivity contribution >= 4 is 0 Å². The van der Waals surface area contributed by atoms with Gasteiger partial charge in [-0.05, 0) is 117 Å². The Morgan fingerprint density at radius 3 is 1.77 bits per heavy atom. The third-order valence-electron chi connectivity index (χ3n) is 11.3. The highest BCUT2D eigenvalue weighted by molar-refractivity contribution is 5.71. The van der Waals surface area contributed by atoms with E-state index < -0.39 is 23.3 Å². The van der Waals surface area contributed by atoms with Gasteiger partial charge in [0.1, 0.15) is 0 Å². The van der Waals surface area contributed by atoms with E-state index in [1.807, 2.05) is 0 Å². The van der Waals surface area contributed by atoms with E-state index in [1.165, 1.54) is 57.8 Å². The molecule has 0 aromatic heterocycles. The summed E-state index contributed by atoms with van der Waals surface area (Å²) in [5, 5.41) is 0. The number of rotatable bonds is 14. The van der Waals surface area contributed by atoms with Gasteiger partial charge in [0.25, 0.3) is 0 Å². The minimum atomic E-state index is -0.856. The van der Waals surface area contributed by atoms with Crippen LogP contribution in [0.4, 0.5) is 17.6 Å². The lowest BCUT2D eigenvalue weighted by Gasteiger charge is -2.38. The molecule has 2 saturated carbocycles. The van der Waals surface area contributed by atoms with Crippen molar-refractivity contribution in [1.29, 1.82) is 0 Å². The quantitative estimate of drug-likeness (QED) is 0.0929. The van der Waals surface area contributed by atoms with Crippen LogP contribution in [0, 0.1) is 41.0 Å². The van der Waals surface area contributed by atoms with Crippen molar-refractivity contribution in [3.63, 3.8) is 0 Å². The van der Waals surface area contributed by atoms with Gasteiger partial charge < -0.3 is 0 Å². The zero-order valence-electron chi connectivity index (χ0n) is 28.6. The van der Waals surface area contributed by atoms with E-state index in [-0.39, 0.29) is 17.0 Å². The molecule has 0 spiro atoms. The molecular formula is C43H54F4. The predicted octanol–water partition coefficient (Wildman–Crippen LogP) is 13.9. The van der Waals surface area contributed by atoms with Gasteiger partial charge in [0, 0.05) is 11.1 Å². The summed E-state index contributed by atoms with van der Waals surface area (Å²) >= 11 is 0. The Morgan fingerprint density at radius 1 is 0.596 bits per heavy atom. The molecule has 4 heteroatoms. The standard InChI is InChI=1S/C43H54F4/c1-3-5-7-8-9-11-13-36-26-27-37(41(45)40(36)44)34-22-24-35(25-23-34)39-29-28-38(42(46)43(39)47)33-20-18-32(19-21-33)31-16-14-30(15-17-31)12-10-6-4-2/h4,6,22-33H,3,5,7-21H2,1-2H3. The predicted molar refractivity (Wildman–Crippen MR) is 188 cm³/mol. The van der Waals surface area contributed by atoms with Crippen molar-refractivity contribution < 1.29 is 17.6 Å². The summed E-state index contributed by atoms with van der Waals surface area (Å²) in [4.78, 5) is 0. The highest BCUT2D eigenvalue weighted by atomic mass is 19.2. The van der Waals surface area contributed by atoms with Crippen molar-refractivity contribution in [2.24, 2.45) is 17.8 Å². The van der Waals surface area contributed by atoms with Crippen LogP contribution in [-0.4, -0.2) is 0 Å². The summed E-state index contributed by atoms with van der Waals surface area (Å²) in [6, 6.07) is 13.4. The molecule has 0 N–H and O–H groups in total. The van der Waals surface area contributed by atoms with Gasteiger partial charge in [-0.1, -0.05) is 113 Å². The van der Waals surface area contributed by atoms with Crippen LogP contribution in [0.5, 0.6) is 0 Å². The van der Waals surface area contributed by atoms with E-state index in [0.29, 0.717) is 34.6 Å². The number of allylic oxidation sites excluding steroid dienone is 2. The second-order valence-electron chi connectivity index (χ2n) is 14.4. The van der Waals surface area contributed by atoms with Crippen LogP contribution in [0.15, 0.2) is 60.7 Å². The summed E-state index contributed by atoms with van der Waals surface area (Å²) in [5.74, 6) is -0.809. The Labute approximate surface area is 281 Å². The maximum absolute atomic E-state index is 15.5. The molecule has 0 heterocycles. The monoisotopic (exact) mass is 646 g/mol. The number of hydrogen-bond acceptors (Lipinski definition) is 0. The van der Waals surface area contributed by atoms with Crippen molar-refractivity contribution in [1.82, 2.24) is 0 Å². The third-order valence-corrected chi connectivity index (χ3v) is 11.3. The minimum absolute atomic E-state index is 0.0521. The molecule has 0 nitrogen and oxygen atoms in total. The number of hydrogen-bond donors (Lipinski definition) is 0. The molecule has 0 aliphatic heterocycles. The van der Waals surface area contributed by atoms with E-state index in [4.69, 9.17) is 0 Å². The summed E-state index contributed by atoms with van der Waals surface area (Å²) in [6.07, 6.45) is 23.3. The van der Waals surface area contributed by atoms with Crippen LogP contribution < -0.4 is 0 Å². The molecule has 2 fully saturated rings. The second kappa shape index (κ2) is 17.5. The average molecular weight is 647 g/mol. The highest BCUT2D eigenvalue weighted by Gasteiger charge is 2.32. The van der Waals surface area contributed by atoms with Crippen molar-refractivity contribution in [2.45, 2.75) is 129 Å². The third kappa shape index (κ3) is 8.98. The highest BCUT2D eigenvalue weighted by Crippen LogP contribution is 2.45. The van der Waals surface area contributed by atoms with E-state index in [1.54, 1.807) is 48.5 Å². The minimum Gasteiger partial charge on any atom is -0.203 e. The summed E-state index contributed by atoms with van der Waals surface area (Å²) < 4.78 is 61.0. The molecule has 3 aromatic rings. The average Bonchev–Trinajstić information content (AvgIpc) is 3.10. The van der Waals surface area contributed by atoms with E-state index in [2.05, 4.69) is 26.0 Å². The van der Waals surface area contributed by atoms with Crippen LogP contribution in [-0.2, 0) is 6.42 Å². The fourth-order valence-corrected chi connectivity index (χ4v) is 8.38. The molecule has 0 amide bonds. The number of unbranched alkanes of at least 4 members (excludes halogenated alkanes) is 5. The zero-order valence-corrected chi connectivity index (χ0v) is 28.6. The van der Waals surface area contributed by atoms with Gasteiger partial charge in [-0.3, -0.25) is 0 Å². The Balaban J connectivity index is 1.17. The van der Waals surface area contributed by atoms with Crippen molar-refractivity contribution in [3.05, 3.63) is 95.1 Å². The van der Waals surface area contributed by atoms with Gasteiger partial charge in [-0.2, -0.15) is 0 Å². The zero-order chi connectivity index (χ0) is 33.2. The van der Waals surface area contributed by atoms with Gasteiger partial charge in [0.2, 0.25) is 0 Å². The number of aryl methyl sites for hydroxylation is 1. The first-order valence-corrected chi connectivity index (χ1v) is 18.6. The van der Waals surface area contributed by atoms with Crippen LogP contribution >= 0.6 is 0 Å². The maximum Gasteiger partial charge on any atom is 0.166 e. The summed E-state index contributed by atoms with van der Waals surface area (Å²) in [6.45, 7) is 4.26. The van der Waals surface area contributed by atoms with E-state index in [9.17, 15) is 4.39 Å². The Hall–Kier alpha value is -2.88. The van der Waals surface area contributed by atoms with Gasteiger partial charge in [0.15, 0.2) is 23.3 Å². The van der Waals surface area contributed by atoms with Crippen molar-refractivity contribution in [3.8, 4) is 22.3 Å². The Morgan fingerprint density at radius 2 is 1.15 bits per heavy atom. The second-order valence-corrected chi connectivity index (χ2v) is 14.4. The number of halogens is 4. The fraction of sp³-hybridized carbons (Fsp3) is 0.535. The SMILES string of the molecule is CC=CCCC1CCC(C2CCC(c3ccc(-c4ccc(-c5ccc(CCCCCCCC)c(F)c5F)cc4)c(F)c3F)CC2)CC1. The molecule has 0 atom stereocenters.